The Hall–Kier alpha value is -3.84. The summed E-state index contributed by atoms with van der Waals surface area (Å²) in [5.74, 6) is -0.488. The molecule has 36 heavy (non-hydrogen) atoms. The van der Waals surface area contributed by atoms with E-state index in [1.807, 2.05) is 36.5 Å². The minimum absolute atomic E-state index is 0.478. The fourth-order valence-corrected chi connectivity index (χ4v) is 5.25. The largest absolute Gasteiger partial charge is 0.294 e. The summed E-state index contributed by atoms with van der Waals surface area (Å²) in [6.07, 6.45) is 2.94. The number of hydrogen-bond acceptors (Lipinski definition) is 5. The molecular formula is C30H27N3O2S. The number of rotatable bonds is 9. The third-order valence-corrected chi connectivity index (χ3v) is 7.29. The van der Waals surface area contributed by atoms with Gasteiger partial charge in [-0.15, -0.1) is 11.3 Å². The lowest BCUT2D eigenvalue weighted by atomic mass is 10.1. The number of aromatic nitrogens is 1. The summed E-state index contributed by atoms with van der Waals surface area (Å²) in [7, 11) is 0. The van der Waals surface area contributed by atoms with Gasteiger partial charge in [-0.3, -0.25) is 19.9 Å². The van der Waals surface area contributed by atoms with Crippen LogP contribution in [0.2, 0.25) is 0 Å². The lowest BCUT2D eigenvalue weighted by Gasteiger charge is -2.23. The third-order valence-electron chi connectivity index (χ3n) is 6.16. The molecule has 5 aromatic rings. The Kier molecular flexibility index (Phi) is 7.47. The fourth-order valence-electron chi connectivity index (χ4n) is 4.36. The first kappa shape index (κ1) is 23.9. The zero-order valence-corrected chi connectivity index (χ0v) is 20.6. The first-order valence-electron chi connectivity index (χ1n) is 11.9. The number of para-hydroxylation sites is 1. The molecule has 5 nitrogen and oxygen atoms in total. The molecule has 0 saturated carbocycles. The maximum atomic E-state index is 11.8. The minimum Gasteiger partial charge on any atom is -0.294 e. The topological polar surface area (TPSA) is 65.5 Å². The molecule has 0 atom stereocenters. The molecule has 0 aliphatic carbocycles. The molecule has 0 saturated heterocycles. The van der Waals surface area contributed by atoms with Crippen LogP contribution in [0.25, 0.3) is 21.3 Å². The molecule has 0 bridgehead atoms. The molecule has 0 radical (unpaired) electrons. The lowest BCUT2D eigenvalue weighted by Crippen LogP contribution is -2.25. The van der Waals surface area contributed by atoms with E-state index in [1.165, 1.54) is 28.0 Å². The van der Waals surface area contributed by atoms with Crippen LogP contribution in [0.15, 0.2) is 103 Å². The fraction of sp³-hybridized carbons (Fsp3) is 0.133. The first-order valence-corrected chi connectivity index (χ1v) is 12.7. The van der Waals surface area contributed by atoms with Gasteiger partial charge in [0.05, 0.1) is 10.4 Å². The van der Waals surface area contributed by atoms with Crippen LogP contribution in [0.1, 0.15) is 26.4 Å². The third kappa shape index (κ3) is 5.86. The first-order chi connectivity index (χ1) is 17.7. The number of fused-ring (bicyclic) bond motifs is 1. The van der Waals surface area contributed by atoms with Gasteiger partial charge in [-0.1, -0.05) is 66.7 Å². The summed E-state index contributed by atoms with van der Waals surface area (Å²) in [5, 5.41) is 10.1. The van der Waals surface area contributed by atoms with Crippen molar-refractivity contribution in [2.45, 2.75) is 19.5 Å². The summed E-state index contributed by atoms with van der Waals surface area (Å²) in [5.41, 5.74) is 7.49. The number of nitrogens with zero attached hydrogens (tertiary/aromatic N) is 2. The lowest BCUT2D eigenvalue weighted by molar-refractivity contribution is 0.0711. The molecule has 0 spiro atoms. The van der Waals surface area contributed by atoms with E-state index in [2.05, 4.69) is 70.5 Å². The van der Waals surface area contributed by atoms with Crippen LogP contribution in [0.5, 0.6) is 0 Å². The van der Waals surface area contributed by atoms with Gasteiger partial charge in [-0.2, -0.15) is 0 Å². The van der Waals surface area contributed by atoms with Crippen molar-refractivity contribution < 1.29 is 10.0 Å². The number of hydroxylamine groups is 1. The molecule has 3 aromatic carbocycles. The smallest absolute Gasteiger partial charge is 0.284 e. The highest BCUT2D eigenvalue weighted by Gasteiger charge is 2.12. The number of carbonyl (C=O) groups is 1. The van der Waals surface area contributed by atoms with Crippen LogP contribution in [-0.4, -0.2) is 27.5 Å². The van der Waals surface area contributed by atoms with Crippen molar-refractivity contribution in [3.63, 3.8) is 0 Å². The Morgan fingerprint density at radius 1 is 0.833 bits per heavy atom. The van der Waals surface area contributed by atoms with Gasteiger partial charge < -0.3 is 0 Å². The maximum Gasteiger partial charge on any atom is 0.284 e. The highest BCUT2D eigenvalue weighted by atomic mass is 32.1. The summed E-state index contributed by atoms with van der Waals surface area (Å²) in [6, 6.07) is 33.1. The number of nitrogens with one attached hydrogen (secondary N) is 1. The highest BCUT2D eigenvalue weighted by molar-refractivity contribution is 7.17. The Labute approximate surface area is 214 Å². The second kappa shape index (κ2) is 11.3. The van der Waals surface area contributed by atoms with Gasteiger partial charge in [0, 0.05) is 36.1 Å². The van der Waals surface area contributed by atoms with E-state index >= 15 is 0 Å². The molecule has 0 aliphatic rings. The van der Waals surface area contributed by atoms with Crippen LogP contribution < -0.4 is 5.48 Å². The zero-order valence-electron chi connectivity index (χ0n) is 19.8. The van der Waals surface area contributed by atoms with Gasteiger partial charge in [0.15, 0.2) is 0 Å². The van der Waals surface area contributed by atoms with Gasteiger partial charge in [0.25, 0.3) is 5.91 Å². The molecule has 2 heterocycles. The number of hydrogen-bond donors (Lipinski definition) is 2. The summed E-state index contributed by atoms with van der Waals surface area (Å²) < 4.78 is 0. The molecule has 1 amide bonds. The van der Waals surface area contributed by atoms with Gasteiger partial charge in [0.1, 0.15) is 0 Å². The molecule has 0 unspecified atom stereocenters. The number of amides is 1. The van der Waals surface area contributed by atoms with Crippen LogP contribution in [-0.2, 0) is 19.5 Å². The van der Waals surface area contributed by atoms with Gasteiger partial charge in [0.2, 0.25) is 0 Å². The van der Waals surface area contributed by atoms with Crippen LogP contribution in [0, 0.1) is 0 Å². The SMILES string of the molecule is O=C(NO)c1ccc(-c2cccc(CN(CCc3ccccc3)Cc3cnc4ccccc4c3)c2)s1. The van der Waals surface area contributed by atoms with E-state index in [4.69, 9.17) is 5.21 Å². The molecule has 6 heteroatoms. The highest BCUT2D eigenvalue weighted by Crippen LogP contribution is 2.29. The average Bonchev–Trinajstić information content (AvgIpc) is 3.43. The van der Waals surface area contributed by atoms with Crippen molar-refractivity contribution >= 4 is 28.1 Å². The van der Waals surface area contributed by atoms with Crippen molar-refractivity contribution in [3.05, 3.63) is 125 Å². The number of thiophene rings is 1. The molecule has 180 valence electrons. The molecular weight excluding hydrogens is 466 g/mol. The van der Waals surface area contributed by atoms with E-state index < -0.39 is 5.91 Å². The molecule has 2 aromatic heterocycles. The van der Waals surface area contributed by atoms with Crippen molar-refractivity contribution in [1.29, 1.82) is 0 Å². The Morgan fingerprint density at radius 3 is 2.47 bits per heavy atom. The van der Waals surface area contributed by atoms with Gasteiger partial charge in [-0.25, -0.2) is 5.48 Å². The molecule has 2 N–H and O–H groups in total. The normalized spacial score (nSPS) is 11.2. The van der Waals surface area contributed by atoms with Crippen molar-refractivity contribution in [2.24, 2.45) is 0 Å². The van der Waals surface area contributed by atoms with Crippen LogP contribution in [0.3, 0.4) is 0 Å². The van der Waals surface area contributed by atoms with E-state index in [0.717, 1.165) is 47.4 Å². The monoisotopic (exact) mass is 493 g/mol. The second-order valence-electron chi connectivity index (χ2n) is 8.79. The predicted molar refractivity (Wildman–Crippen MR) is 145 cm³/mol. The Bertz CT molecular complexity index is 1470. The van der Waals surface area contributed by atoms with E-state index in [-0.39, 0.29) is 0 Å². The number of pyridine rings is 1. The van der Waals surface area contributed by atoms with Crippen molar-refractivity contribution in [2.75, 3.05) is 6.54 Å². The Balaban J connectivity index is 1.37. The summed E-state index contributed by atoms with van der Waals surface area (Å²) in [4.78, 5) is 20.3. The quantitative estimate of drug-likeness (QED) is 0.186. The Morgan fingerprint density at radius 2 is 1.61 bits per heavy atom. The van der Waals surface area contributed by atoms with Crippen molar-refractivity contribution in [3.8, 4) is 10.4 Å². The van der Waals surface area contributed by atoms with Crippen LogP contribution >= 0.6 is 11.3 Å². The van der Waals surface area contributed by atoms with Crippen LogP contribution in [0.4, 0.5) is 0 Å². The molecule has 0 aliphatic heterocycles. The van der Waals surface area contributed by atoms with Gasteiger partial charge in [-0.05, 0) is 59.0 Å². The van der Waals surface area contributed by atoms with E-state index in [1.54, 1.807) is 11.5 Å². The van der Waals surface area contributed by atoms with Crippen molar-refractivity contribution in [1.82, 2.24) is 15.4 Å². The molecule has 0 fully saturated rings. The second-order valence-corrected chi connectivity index (χ2v) is 9.87. The summed E-state index contributed by atoms with van der Waals surface area (Å²) >= 11 is 1.36. The zero-order chi connectivity index (χ0) is 24.7. The average molecular weight is 494 g/mol. The summed E-state index contributed by atoms with van der Waals surface area (Å²) in [6.45, 7) is 2.51. The maximum absolute atomic E-state index is 11.8. The number of benzene rings is 3. The molecule has 5 rings (SSSR count). The van der Waals surface area contributed by atoms with Gasteiger partial charge >= 0.3 is 0 Å². The van der Waals surface area contributed by atoms with E-state index in [0.29, 0.717) is 4.88 Å². The predicted octanol–water partition coefficient (Wildman–Crippen LogP) is 6.33. The number of carbonyl (C=O) groups excluding carboxylic acids is 1. The standard InChI is InChI=1S/C30H27N3O2S/c34-30(32-35)29-14-13-28(36-29)26-11-6-9-23(17-26)20-33(16-15-22-7-2-1-3-8-22)21-24-18-25-10-4-5-12-27(25)31-19-24/h1-14,17-19,35H,15-16,20-21H2,(H,32,34). The van der Waals surface area contributed by atoms with E-state index in [9.17, 15) is 4.79 Å². The minimum atomic E-state index is -0.488.